The van der Waals surface area contributed by atoms with E-state index >= 15 is 0 Å². The number of carbonyl (C=O) groups excluding carboxylic acids is 3. The molecule has 0 aliphatic carbocycles. The van der Waals surface area contributed by atoms with E-state index in [2.05, 4.69) is 21.2 Å². The minimum absolute atomic E-state index is 0.312. The number of amides is 4. The predicted octanol–water partition coefficient (Wildman–Crippen LogP) is 3.27. The zero-order valence-electron chi connectivity index (χ0n) is 15.1. The second-order valence-corrected chi connectivity index (χ2v) is 7.25. The molecule has 1 heterocycles. The Balaban J connectivity index is 1.84. The summed E-state index contributed by atoms with van der Waals surface area (Å²) in [6, 6.07) is 15.8. The minimum Gasteiger partial charge on any atom is -0.319 e. The van der Waals surface area contributed by atoms with Crippen LogP contribution in [-0.4, -0.2) is 35.8 Å². The highest BCUT2D eigenvalue weighted by molar-refractivity contribution is 9.10. The molecule has 0 saturated carbocycles. The second kappa shape index (κ2) is 7.52. The molecular formula is C20H20BrN3O3. The first kappa shape index (κ1) is 19.1. The molecule has 2 aromatic rings. The average Bonchev–Trinajstić information content (AvgIpc) is 2.87. The van der Waals surface area contributed by atoms with Crippen molar-refractivity contribution in [1.29, 1.82) is 0 Å². The lowest BCUT2D eigenvalue weighted by Gasteiger charge is -2.25. The van der Waals surface area contributed by atoms with Crippen molar-refractivity contribution in [2.45, 2.75) is 19.4 Å². The molecule has 0 spiro atoms. The number of urea groups is 1. The van der Waals surface area contributed by atoms with Gasteiger partial charge in [-0.15, -0.1) is 0 Å². The van der Waals surface area contributed by atoms with Crippen LogP contribution in [0.3, 0.4) is 0 Å². The summed E-state index contributed by atoms with van der Waals surface area (Å²) >= 11 is 3.43. The van der Waals surface area contributed by atoms with Gasteiger partial charge in [-0.05, 0) is 32.0 Å². The number of imide groups is 1. The van der Waals surface area contributed by atoms with Crippen molar-refractivity contribution in [1.82, 2.24) is 10.2 Å². The van der Waals surface area contributed by atoms with E-state index in [9.17, 15) is 14.4 Å². The lowest BCUT2D eigenvalue weighted by molar-refractivity contribution is -0.134. The van der Waals surface area contributed by atoms with Gasteiger partial charge in [0.25, 0.3) is 5.91 Å². The second-order valence-electron chi connectivity index (χ2n) is 6.40. The van der Waals surface area contributed by atoms with E-state index in [-0.39, 0.29) is 12.5 Å². The third kappa shape index (κ3) is 3.47. The first-order valence-corrected chi connectivity index (χ1v) is 9.42. The van der Waals surface area contributed by atoms with Crippen LogP contribution in [0.15, 0.2) is 59.1 Å². The van der Waals surface area contributed by atoms with Crippen LogP contribution in [-0.2, 0) is 15.1 Å². The number of para-hydroxylation sites is 1. The van der Waals surface area contributed by atoms with Crippen LogP contribution in [0.5, 0.6) is 0 Å². The molecule has 140 valence electrons. The Morgan fingerprint density at radius 3 is 2.37 bits per heavy atom. The van der Waals surface area contributed by atoms with Crippen LogP contribution in [0.2, 0.25) is 0 Å². The molecule has 1 fully saturated rings. The fourth-order valence-electron chi connectivity index (χ4n) is 3.22. The summed E-state index contributed by atoms with van der Waals surface area (Å²) in [5.74, 6) is -0.763. The molecule has 1 saturated heterocycles. The molecule has 0 aromatic heterocycles. The Morgan fingerprint density at radius 2 is 1.74 bits per heavy atom. The Hall–Kier alpha value is -2.67. The Bertz CT molecular complexity index is 887. The maximum atomic E-state index is 13.0. The molecule has 1 atom stereocenters. The Morgan fingerprint density at radius 1 is 1.11 bits per heavy atom. The summed E-state index contributed by atoms with van der Waals surface area (Å²) in [6.45, 7) is 3.62. The maximum Gasteiger partial charge on any atom is 0.325 e. The summed E-state index contributed by atoms with van der Waals surface area (Å²) in [5.41, 5.74) is 0.153. The van der Waals surface area contributed by atoms with Gasteiger partial charge in [0.05, 0.1) is 0 Å². The van der Waals surface area contributed by atoms with Crippen molar-refractivity contribution in [2.24, 2.45) is 0 Å². The molecule has 1 N–H and O–H groups in total. The van der Waals surface area contributed by atoms with Gasteiger partial charge in [0.2, 0.25) is 5.91 Å². The highest BCUT2D eigenvalue weighted by Gasteiger charge is 2.50. The molecule has 6 nitrogen and oxygen atoms in total. The molecule has 4 amide bonds. The molecule has 0 radical (unpaired) electrons. The first-order valence-electron chi connectivity index (χ1n) is 8.63. The molecule has 3 rings (SSSR count). The van der Waals surface area contributed by atoms with Crippen molar-refractivity contribution < 1.29 is 14.4 Å². The summed E-state index contributed by atoms with van der Waals surface area (Å²) < 4.78 is 0.716. The van der Waals surface area contributed by atoms with Crippen LogP contribution in [0.25, 0.3) is 0 Å². The zero-order chi connectivity index (χ0) is 19.6. The molecule has 0 bridgehead atoms. The highest BCUT2D eigenvalue weighted by Crippen LogP contribution is 2.33. The standard InChI is InChI=1S/C20H20BrN3O3/c1-3-23(14-9-5-4-6-10-14)17(25)13-24-18(26)20(2,22-19(24)27)15-11-7-8-12-16(15)21/h4-12H,3,13H2,1-2H3,(H,22,27). The molecule has 1 aliphatic heterocycles. The summed E-state index contributed by atoms with van der Waals surface area (Å²) in [7, 11) is 0. The number of nitrogens with one attached hydrogen (secondary N) is 1. The van der Waals surface area contributed by atoms with Gasteiger partial charge >= 0.3 is 6.03 Å². The molecule has 27 heavy (non-hydrogen) atoms. The van der Waals surface area contributed by atoms with Crippen molar-refractivity contribution in [3.05, 3.63) is 64.6 Å². The van der Waals surface area contributed by atoms with Gasteiger partial charge in [0, 0.05) is 22.3 Å². The van der Waals surface area contributed by atoms with Gasteiger partial charge in [-0.2, -0.15) is 0 Å². The number of benzene rings is 2. The van der Waals surface area contributed by atoms with Crippen LogP contribution in [0, 0.1) is 0 Å². The lowest BCUT2D eigenvalue weighted by atomic mass is 9.92. The van der Waals surface area contributed by atoms with Crippen LogP contribution >= 0.6 is 15.9 Å². The maximum absolute atomic E-state index is 13.0. The summed E-state index contributed by atoms with van der Waals surface area (Å²) in [4.78, 5) is 40.8. The van der Waals surface area contributed by atoms with Gasteiger partial charge in [-0.3, -0.25) is 14.5 Å². The number of nitrogens with zero attached hydrogens (tertiary/aromatic N) is 2. The fourth-order valence-corrected chi connectivity index (χ4v) is 3.90. The van der Waals surface area contributed by atoms with E-state index in [0.717, 1.165) is 10.6 Å². The topological polar surface area (TPSA) is 69.7 Å². The monoisotopic (exact) mass is 429 g/mol. The van der Waals surface area contributed by atoms with E-state index in [4.69, 9.17) is 0 Å². The van der Waals surface area contributed by atoms with E-state index in [1.165, 1.54) is 0 Å². The van der Waals surface area contributed by atoms with Gasteiger partial charge < -0.3 is 10.2 Å². The quantitative estimate of drug-likeness (QED) is 0.741. The molecule has 7 heteroatoms. The number of likely N-dealkylation sites (N-methyl/N-ethyl adjacent to an activating group) is 1. The Kier molecular flexibility index (Phi) is 5.32. The molecular weight excluding hydrogens is 410 g/mol. The fraction of sp³-hybridized carbons (Fsp3) is 0.250. The van der Waals surface area contributed by atoms with E-state index in [1.54, 1.807) is 24.0 Å². The zero-order valence-corrected chi connectivity index (χ0v) is 16.7. The Labute approximate surface area is 166 Å². The van der Waals surface area contributed by atoms with Crippen LogP contribution < -0.4 is 10.2 Å². The van der Waals surface area contributed by atoms with Crippen molar-refractivity contribution in [3.8, 4) is 0 Å². The van der Waals surface area contributed by atoms with Crippen molar-refractivity contribution in [3.63, 3.8) is 0 Å². The van der Waals surface area contributed by atoms with Gasteiger partial charge in [-0.25, -0.2) is 4.79 Å². The molecule has 2 aromatic carbocycles. The molecule has 1 unspecified atom stereocenters. The van der Waals surface area contributed by atoms with Gasteiger partial charge in [0.15, 0.2) is 0 Å². The minimum atomic E-state index is -1.22. The number of rotatable bonds is 5. The summed E-state index contributed by atoms with van der Waals surface area (Å²) in [6.07, 6.45) is 0. The number of halogens is 1. The van der Waals surface area contributed by atoms with Gasteiger partial charge in [-0.1, -0.05) is 52.3 Å². The lowest BCUT2D eigenvalue weighted by Crippen LogP contribution is -2.44. The third-order valence-corrected chi connectivity index (χ3v) is 5.36. The van der Waals surface area contributed by atoms with Crippen molar-refractivity contribution >= 4 is 39.5 Å². The normalized spacial score (nSPS) is 19.1. The SMILES string of the molecule is CCN(C(=O)CN1C(=O)NC(C)(c2ccccc2Br)C1=O)c1ccccc1. The largest absolute Gasteiger partial charge is 0.325 e. The van der Waals surface area contributed by atoms with Crippen LogP contribution in [0.4, 0.5) is 10.5 Å². The van der Waals surface area contributed by atoms with Crippen LogP contribution in [0.1, 0.15) is 19.4 Å². The molecule has 1 aliphatic rings. The number of anilines is 1. The summed E-state index contributed by atoms with van der Waals surface area (Å²) in [5, 5.41) is 2.73. The van der Waals surface area contributed by atoms with Crippen molar-refractivity contribution in [2.75, 3.05) is 18.0 Å². The smallest absolute Gasteiger partial charge is 0.319 e. The number of hydrogen-bond donors (Lipinski definition) is 1. The number of hydrogen-bond acceptors (Lipinski definition) is 3. The third-order valence-electron chi connectivity index (χ3n) is 4.67. The van der Waals surface area contributed by atoms with E-state index in [1.807, 2.05) is 49.4 Å². The first-order chi connectivity index (χ1) is 12.9. The van der Waals surface area contributed by atoms with E-state index < -0.39 is 17.5 Å². The highest BCUT2D eigenvalue weighted by atomic mass is 79.9. The number of carbonyl (C=O) groups is 3. The average molecular weight is 430 g/mol. The van der Waals surface area contributed by atoms with Gasteiger partial charge in [0.1, 0.15) is 12.1 Å². The van der Waals surface area contributed by atoms with E-state index in [0.29, 0.717) is 16.6 Å². The predicted molar refractivity (Wildman–Crippen MR) is 106 cm³/mol.